The van der Waals surface area contributed by atoms with Crippen LogP contribution in [0.4, 0.5) is 15.3 Å². The number of piperidine rings is 1. The molecule has 44 heavy (non-hydrogen) atoms. The summed E-state index contributed by atoms with van der Waals surface area (Å²) in [5.41, 5.74) is 8.50. The quantitative estimate of drug-likeness (QED) is 0.285. The van der Waals surface area contributed by atoms with Crippen LogP contribution in [0.2, 0.25) is 0 Å². The lowest BCUT2D eigenvalue weighted by molar-refractivity contribution is 0.0147. The molecular weight excluding hydrogens is 576 g/mol. The monoisotopic (exact) mass is 618 g/mol. The van der Waals surface area contributed by atoms with Gasteiger partial charge in [0.15, 0.2) is 5.78 Å². The average molecular weight is 619 g/mol. The van der Waals surface area contributed by atoms with E-state index in [1.165, 1.54) is 0 Å². The maximum absolute atomic E-state index is 13.2. The molecule has 0 unspecified atom stereocenters. The number of carbonyl (C=O) groups excluding carboxylic acids is 3. The molecule has 0 saturated carbocycles. The van der Waals surface area contributed by atoms with Gasteiger partial charge in [-0.25, -0.2) is 19.6 Å². The van der Waals surface area contributed by atoms with Crippen LogP contribution in [0.15, 0.2) is 48.1 Å². The molecule has 2 aliphatic heterocycles. The first-order valence-electron chi connectivity index (χ1n) is 15.2. The molecule has 3 aromatic rings. The Morgan fingerprint density at radius 3 is 2.20 bits per heavy atom. The van der Waals surface area contributed by atoms with Gasteiger partial charge >= 0.3 is 12.1 Å². The molecule has 10 nitrogen and oxygen atoms in total. The van der Waals surface area contributed by atoms with Crippen molar-refractivity contribution in [2.75, 3.05) is 45.0 Å². The van der Waals surface area contributed by atoms with Crippen LogP contribution in [0.3, 0.4) is 0 Å². The van der Waals surface area contributed by atoms with Crippen molar-refractivity contribution in [3.8, 4) is 10.4 Å². The number of Topliss-reactive ketones (excluding diaryl/α,β-unsaturated/α-hetero) is 1. The van der Waals surface area contributed by atoms with E-state index >= 15 is 0 Å². The van der Waals surface area contributed by atoms with E-state index in [1.54, 1.807) is 28.6 Å². The Hall–Kier alpha value is -3.99. The van der Waals surface area contributed by atoms with Gasteiger partial charge in [0.2, 0.25) is 0 Å². The van der Waals surface area contributed by atoms with Crippen LogP contribution in [0.25, 0.3) is 10.4 Å². The van der Waals surface area contributed by atoms with Gasteiger partial charge in [0.25, 0.3) is 0 Å². The van der Waals surface area contributed by atoms with Crippen molar-refractivity contribution in [1.29, 1.82) is 0 Å². The summed E-state index contributed by atoms with van der Waals surface area (Å²) in [6.07, 6.45) is 5.42. The van der Waals surface area contributed by atoms with Crippen LogP contribution in [-0.4, -0.2) is 87.4 Å². The maximum atomic E-state index is 13.2. The molecule has 0 atom stereocenters. The first kappa shape index (κ1) is 31.4. The number of nitrogen functional groups attached to an aromatic ring is 1. The number of ether oxygens (including phenoxy) is 1. The number of piperazine rings is 1. The van der Waals surface area contributed by atoms with Gasteiger partial charge in [-0.2, -0.15) is 0 Å². The van der Waals surface area contributed by atoms with Gasteiger partial charge in [0, 0.05) is 75.1 Å². The molecular formula is C33H42N6O4S. The lowest BCUT2D eigenvalue weighted by atomic mass is 9.77. The molecule has 3 amide bonds. The third-order valence-corrected chi connectivity index (χ3v) is 9.27. The molecule has 1 aromatic carbocycles. The number of nitrogens with two attached hydrogens (primary N) is 1. The number of urea groups is 1. The normalized spacial score (nSPS) is 17.0. The molecule has 234 valence electrons. The van der Waals surface area contributed by atoms with E-state index in [4.69, 9.17) is 10.5 Å². The van der Waals surface area contributed by atoms with Crippen molar-refractivity contribution in [3.63, 3.8) is 0 Å². The van der Waals surface area contributed by atoms with E-state index in [-0.39, 0.29) is 29.7 Å². The molecule has 11 heteroatoms. The van der Waals surface area contributed by atoms with E-state index in [1.807, 2.05) is 66.3 Å². The molecule has 2 aliphatic rings. The largest absolute Gasteiger partial charge is 0.444 e. The van der Waals surface area contributed by atoms with Crippen LogP contribution >= 0.6 is 11.3 Å². The van der Waals surface area contributed by atoms with Crippen molar-refractivity contribution < 1.29 is 19.1 Å². The summed E-state index contributed by atoms with van der Waals surface area (Å²) in [4.78, 5) is 54.3. The molecule has 2 fully saturated rings. The molecule has 2 N–H and O–H groups in total. The Morgan fingerprint density at radius 1 is 0.955 bits per heavy atom. The zero-order chi connectivity index (χ0) is 31.5. The standard InChI is InChI=1S/C33H42N6O4S/c1-32(2,3)43-31(42)39-15-13-38(14-16-39)30(41)37-11-9-33(4,10-12-37)20-29-35-21-25(22-36-29)27(40)19-24-18-23(7-8-26(24)34)28-6-5-17-44-28/h5-8,17-18,21-22H,9-16,19-20,34H2,1-4H3. The van der Waals surface area contributed by atoms with E-state index in [0.717, 1.165) is 28.8 Å². The highest BCUT2D eigenvalue weighted by Gasteiger charge is 2.35. The number of likely N-dealkylation sites (tertiary alicyclic amines) is 1. The Balaban J connectivity index is 1.10. The van der Waals surface area contributed by atoms with Crippen LogP contribution in [0.1, 0.15) is 62.3 Å². The molecule has 0 bridgehead atoms. The minimum absolute atomic E-state index is 0.0246. The number of amides is 3. The highest BCUT2D eigenvalue weighted by Crippen LogP contribution is 2.34. The fourth-order valence-electron chi connectivity index (χ4n) is 5.62. The number of rotatable bonds is 6. The van der Waals surface area contributed by atoms with E-state index in [2.05, 4.69) is 16.9 Å². The van der Waals surface area contributed by atoms with Crippen molar-refractivity contribution in [1.82, 2.24) is 24.7 Å². The Morgan fingerprint density at radius 2 is 1.59 bits per heavy atom. The summed E-state index contributed by atoms with van der Waals surface area (Å²) in [5, 5.41) is 2.03. The van der Waals surface area contributed by atoms with E-state index in [9.17, 15) is 14.4 Å². The molecule has 0 spiro atoms. The van der Waals surface area contributed by atoms with E-state index in [0.29, 0.717) is 62.8 Å². The zero-order valence-corrected chi connectivity index (χ0v) is 26.9. The first-order valence-corrected chi connectivity index (χ1v) is 16.1. The number of thiophene rings is 1. The smallest absolute Gasteiger partial charge is 0.410 e. The molecule has 4 heterocycles. The second-order valence-electron chi connectivity index (χ2n) is 13.1. The maximum Gasteiger partial charge on any atom is 0.410 e. The number of nitrogens with zero attached hydrogens (tertiary/aromatic N) is 5. The second-order valence-corrected chi connectivity index (χ2v) is 14.0. The van der Waals surface area contributed by atoms with Crippen LogP contribution < -0.4 is 5.73 Å². The number of ketones is 1. The summed E-state index contributed by atoms with van der Waals surface area (Å²) in [6, 6.07) is 9.88. The molecule has 0 aliphatic carbocycles. The number of aromatic nitrogens is 2. The van der Waals surface area contributed by atoms with Gasteiger partial charge in [0.1, 0.15) is 11.4 Å². The zero-order valence-electron chi connectivity index (χ0n) is 26.0. The van der Waals surface area contributed by atoms with Gasteiger partial charge in [-0.05, 0) is 73.7 Å². The topological polar surface area (TPSA) is 122 Å². The third kappa shape index (κ3) is 7.74. The molecule has 2 saturated heterocycles. The lowest BCUT2D eigenvalue weighted by Gasteiger charge is -2.42. The van der Waals surface area contributed by atoms with Gasteiger partial charge in [-0.1, -0.05) is 19.1 Å². The number of hydrogen-bond acceptors (Lipinski definition) is 8. The van der Waals surface area contributed by atoms with Crippen LogP contribution in [0.5, 0.6) is 0 Å². The van der Waals surface area contributed by atoms with Crippen molar-refractivity contribution in [2.45, 2.75) is 59.0 Å². The predicted molar refractivity (Wildman–Crippen MR) is 172 cm³/mol. The van der Waals surface area contributed by atoms with Gasteiger partial charge in [-0.15, -0.1) is 11.3 Å². The fourth-order valence-corrected chi connectivity index (χ4v) is 6.35. The van der Waals surface area contributed by atoms with Gasteiger partial charge in [-0.3, -0.25) is 4.79 Å². The average Bonchev–Trinajstić information content (AvgIpc) is 3.53. The summed E-state index contributed by atoms with van der Waals surface area (Å²) in [6.45, 7) is 11.0. The first-order chi connectivity index (χ1) is 20.9. The fraction of sp³-hybridized carbons (Fsp3) is 0.485. The molecule has 5 rings (SSSR count). The number of anilines is 1. The summed E-state index contributed by atoms with van der Waals surface area (Å²) in [5.74, 6) is 0.623. The highest BCUT2D eigenvalue weighted by molar-refractivity contribution is 7.13. The van der Waals surface area contributed by atoms with Crippen LogP contribution in [0, 0.1) is 5.41 Å². The third-order valence-electron chi connectivity index (χ3n) is 8.35. The van der Waals surface area contributed by atoms with Gasteiger partial charge < -0.3 is 25.2 Å². The van der Waals surface area contributed by atoms with Crippen molar-refractivity contribution in [3.05, 3.63) is 65.1 Å². The second kappa shape index (κ2) is 12.9. The molecule has 0 radical (unpaired) electrons. The number of carbonyl (C=O) groups is 3. The summed E-state index contributed by atoms with van der Waals surface area (Å²) in [7, 11) is 0. The lowest BCUT2D eigenvalue weighted by Crippen LogP contribution is -2.56. The SMILES string of the molecule is CC1(Cc2ncc(C(=O)Cc3cc(-c4cccs4)ccc3N)cn2)CCN(C(=O)N2CCN(C(=O)OC(C)(C)C)CC2)CC1. The Labute approximate surface area is 263 Å². The van der Waals surface area contributed by atoms with Crippen molar-refractivity contribution >= 4 is 34.9 Å². The summed E-state index contributed by atoms with van der Waals surface area (Å²) >= 11 is 1.65. The predicted octanol–water partition coefficient (Wildman–Crippen LogP) is 5.53. The highest BCUT2D eigenvalue weighted by atomic mass is 32.1. The Kier molecular flexibility index (Phi) is 9.24. The van der Waals surface area contributed by atoms with E-state index < -0.39 is 5.60 Å². The Bertz CT molecular complexity index is 1470. The summed E-state index contributed by atoms with van der Waals surface area (Å²) < 4.78 is 5.46. The van der Waals surface area contributed by atoms with Crippen LogP contribution in [-0.2, 0) is 17.6 Å². The van der Waals surface area contributed by atoms with Crippen molar-refractivity contribution in [2.24, 2.45) is 5.41 Å². The number of benzene rings is 1. The minimum Gasteiger partial charge on any atom is -0.444 e. The number of hydrogen-bond donors (Lipinski definition) is 1. The van der Waals surface area contributed by atoms with Gasteiger partial charge in [0.05, 0.1) is 5.56 Å². The minimum atomic E-state index is -0.540. The molecule has 2 aromatic heterocycles.